The molecule has 340 valence electrons. The molecule has 0 heterocycles. The lowest BCUT2D eigenvalue weighted by molar-refractivity contribution is 0.568. The maximum absolute atomic E-state index is 2.49. The summed E-state index contributed by atoms with van der Waals surface area (Å²) in [6.07, 6.45) is 0. The lowest BCUT2D eigenvalue weighted by Gasteiger charge is -2.29. The zero-order valence-electron chi connectivity index (χ0n) is 43.3. The van der Waals surface area contributed by atoms with Crippen molar-refractivity contribution < 1.29 is 0 Å². The normalized spacial score (nSPS) is 14.0. The van der Waals surface area contributed by atoms with E-state index < -0.39 is 0 Å². The highest BCUT2D eigenvalue weighted by molar-refractivity contribution is 5.88. The van der Waals surface area contributed by atoms with Crippen molar-refractivity contribution in [2.45, 2.75) is 150 Å². The van der Waals surface area contributed by atoms with Gasteiger partial charge < -0.3 is 4.90 Å². The molecule has 0 spiro atoms. The van der Waals surface area contributed by atoms with Crippen LogP contribution in [0.2, 0.25) is 0 Å². The van der Waals surface area contributed by atoms with Crippen molar-refractivity contribution in [3.63, 3.8) is 0 Å². The Morgan fingerprint density at radius 2 is 0.636 bits per heavy atom. The number of rotatable bonds is 6. The smallest absolute Gasteiger partial charge is 0.0467 e. The maximum atomic E-state index is 2.49. The van der Waals surface area contributed by atoms with Gasteiger partial charge in [0.25, 0.3) is 0 Å². The summed E-state index contributed by atoms with van der Waals surface area (Å²) in [4.78, 5) is 2.49. The maximum Gasteiger partial charge on any atom is 0.0467 e. The Hall–Kier alpha value is -5.66. The number of anilines is 3. The van der Waals surface area contributed by atoms with E-state index in [9.17, 15) is 0 Å². The molecule has 7 aromatic rings. The molecular weight excluding hydrogens is 795 g/mol. The Labute approximate surface area is 399 Å². The van der Waals surface area contributed by atoms with Gasteiger partial charge in [0.15, 0.2) is 0 Å². The topological polar surface area (TPSA) is 3.24 Å². The summed E-state index contributed by atoms with van der Waals surface area (Å²) in [5, 5.41) is 0. The Morgan fingerprint density at radius 1 is 0.288 bits per heavy atom. The Kier molecular flexibility index (Phi) is 11.6. The average molecular weight is 870 g/mol. The minimum Gasteiger partial charge on any atom is -0.310 e. The van der Waals surface area contributed by atoms with Gasteiger partial charge >= 0.3 is 0 Å². The Balaban J connectivity index is 1.33. The SMILES string of the molecule is CC(C)(C)c1cc(-c2cccc(N(c3cccc(-c4cc(C(C)(C)C)cc(C(C)(C)C)c4)c3)c3ccc4c(c3)C(C)(C)c3ccccc3-4)c2)cc(-c2cc(C(C)(C)C)cc(C(C)(C)C)c2)c1. The molecular formula is C65H75N. The van der Waals surface area contributed by atoms with Gasteiger partial charge in [0, 0.05) is 22.5 Å². The van der Waals surface area contributed by atoms with E-state index in [1.807, 2.05) is 0 Å². The first-order chi connectivity index (χ1) is 30.6. The quantitative estimate of drug-likeness (QED) is 0.161. The van der Waals surface area contributed by atoms with Crippen LogP contribution in [0.4, 0.5) is 17.1 Å². The van der Waals surface area contributed by atoms with Gasteiger partial charge in [0.05, 0.1) is 0 Å². The van der Waals surface area contributed by atoms with Gasteiger partial charge in [0.2, 0.25) is 0 Å². The van der Waals surface area contributed by atoms with Gasteiger partial charge in [-0.3, -0.25) is 0 Å². The molecule has 0 amide bonds. The molecule has 1 aliphatic carbocycles. The highest BCUT2D eigenvalue weighted by Crippen LogP contribution is 2.51. The number of fused-ring (bicyclic) bond motifs is 3. The fraction of sp³-hybridized carbons (Fsp3) is 0.354. The van der Waals surface area contributed by atoms with Crippen LogP contribution in [0.25, 0.3) is 44.5 Å². The predicted molar refractivity (Wildman–Crippen MR) is 288 cm³/mol. The van der Waals surface area contributed by atoms with Crippen LogP contribution in [0, 0.1) is 0 Å². The molecule has 7 aromatic carbocycles. The van der Waals surface area contributed by atoms with Crippen molar-refractivity contribution in [3.05, 3.63) is 185 Å². The van der Waals surface area contributed by atoms with Gasteiger partial charge in [0.1, 0.15) is 0 Å². The van der Waals surface area contributed by atoms with E-state index in [2.05, 4.69) is 268 Å². The minimum atomic E-state index is -0.130. The number of hydrogen-bond donors (Lipinski definition) is 0. The van der Waals surface area contributed by atoms with Crippen LogP contribution in [0.5, 0.6) is 0 Å². The molecule has 1 aliphatic rings. The highest BCUT2D eigenvalue weighted by Gasteiger charge is 2.36. The molecule has 0 aromatic heterocycles. The van der Waals surface area contributed by atoms with Gasteiger partial charge in [-0.2, -0.15) is 0 Å². The lowest BCUT2D eigenvalue weighted by atomic mass is 9.78. The summed E-state index contributed by atoms with van der Waals surface area (Å²) in [6, 6.07) is 56.4. The van der Waals surface area contributed by atoms with Crippen molar-refractivity contribution >= 4 is 17.1 Å². The molecule has 8 rings (SSSR count). The van der Waals surface area contributed by atoms with E-state index in [4.69, 9.17) is 0 Å². The molecule has 1 heteroatoms. The summed E-state index contributed by atoms with van der Waals surface area (Å²) >= 11 is 0. The summed E-state index contributed by atoms with van der Waals surface area (Å²) in [6.45, 7) is 39.7. The van der Waals surface area contributed by atoms with Crippen LogP contribution in [0.3, 0.4) is 0 Å². The predicted octanol–water partition coefficient (Wildman–Crippen LogP) is 19.0. The largest absolute Gasteiger partial charge is 0.310 e. The molecule has 0 saturated carbocycles. The van der Waals surface area contributed by atoms with Crippen LogP contribution in [0.1, 0.15) is 157 Å². The molecule has 0 aliphatic heterocycles. The molecule has 0 radical (unpaired) electrons. The van der Waals surface area contributed by atoms with Gasteiger partial charge in [-0.05, 0) is 153 Å². The minimum absolute atomic E-state index is 0.0172. The Bertz CT molecular complexity index is 2890. The average Bonchev–Trinajstić information content (AvgIpc) is 3.47. The van der Waals surface area contributed by atoms with E-state index >= 15 is 0 Å². The Morgan fingerprint density at radius 3 is 1.08 bits per heavy atom. The molecule has 1 nitrogen and oxygen atoms in total. The third-order valence-corrected chi connectivity index (χ3v) is 14.2. The summed E-state index contributed by atoms with van der Waals surface area (Å²) in [7, 11) is 0. The monoisotopic (exact) mass is 870 g/mol. The highest BCUT2D eigenvalue weighted by atomic mass is 15.1. The second kappa shape index (κ2) is 16.3. The van der Waals surface area contributed by atoms with E-state index in [0.29, 0.717) is 0 Å². The fourth-order valence-electron chi connectivity index (χ4n) is 9.64. The van der Waals surface area contributed by atoms with Gasteiger partial charge in [-0.25, -0.2) is 0 Å². The second-order valence-electron chi connectivity index (χ2n) is 25.0. The van der Waals surface area contributed by atoms with E-state index in [0.717, 1.165) is 17.1 Å². The first-order valence-electron chi connectivity index (χ1n) is 24.3. The molecule has 0 N–H and O–H groups in total. The van der Waals surface area contributed by atoms with Crippen LogP contribution in [-0.2, 0) is 32.5 Å². The van der Waals surface area contributed by atoms with Gasteiger partial charge in [-0.1, -0.05) is 221 Å². The van der Waals surface area contributed by atoms with E-state index in [-0.39, 0.29) is 32.5 Å². The van der Waals surface area contributed by atoms with Crippen molar-refractivity contribution in [1.82, 2.24) is 0 Å². The van der Waals surface area contributed by atoms with Crippen LogP contribution < -0.4 is 4.90 Å². The standard InChI is InChI=1S/C65H75N/c1-60(2,3)48-31-44(30-45(32-48)47-35-51(63(10,11)12)40-52(36-47)64(13,14)15)42-22-20-24-53(37-42)66(55-28-29-57-56-26-18-19-27-58(56)65(16,17)59(57)41-55)54-25-21-23-43(38-54)46-33-49(61(4,5)6)39-50(34-46)62(7,8)9/h18-41H,1-17H3. The first-order valence-corrected chi connectivity index (χ1v) is 24.3. The zero-order valence-corrected chi connectivity index (χ0v) is 43.3. The number of benzene rings is 7. The lowest BCUT2D eigenvalue weighted by Crippen LogP contribution is -2.17. The van der Waals surface area contributed by atoms with Crippen molar-refractivity contribution in [2.24, 2.45) is 0 Å². The second-order valence-corrected chi connectivity index (χ2v) is 25.0. The van der Waals surface area contributed by atoms with E-state index in [1.165, 1.54) is 83.5 Å². The van der Waals surface area contributed by atoms with Crippen LogP contribution >= 0.6 is 0 Å². The number of hydrogen-bond acceptors (Lipinski definition) is 1. The third kappa shape index (κ3) is 9.21. The van der Waals surface area contributed by atoms with Crippen molar-refractivity contribution in [2.75, 3.05) is 4.90 Å². The molecule has 0 atom stereocenters. The summed E-state index contributed by atoms with van der Waals surface area (Å²) in [5.41, 5.74) is 23.0. The molecule has 0 bridgehead atoms. The summed E-state index contributed by atoms with van der Waals surface area (Å²) < 4.78 is 0. The molecule has 66 heavy (non-hydrogen) atoms. The molecule has 0 fully saturated rings. The third-order valence-electron chi connectivity index (χ3n) is 14.2. The van der Waals surface area contributed by atoms with Crippen molar-refractivity contribution in [3.8, 4) is 44.5 Å². The molecule has 0 saturated heterocycles. The fourth-order valence-corrected chi connectivity index (χ4v) is 9.64. The van der Waals surface area contributed by atoms with Crippen molar-refractivity contribution in [1.29, 1.82) is 0 Å². The summed E-state index contributed by atoms with van der Waals surface area (Å²) in [5.74, 6) is 0. The van der Waals surface area contributed by atoms with Crippen LogP contribution in [-0.4, -0.2) is 0 Å². The zero-order chi connectivity index (χ0) is 47.9. The van der Waals surface area contributed by atoms with E-state index in [1.54, 1.807) is 0 Å². The molecule has 0 unspecified atom stereocenters. The first kappa shape index (κ1) is 46.9. The van der Waals surface area contributed by atoms with Crippen LogP contribution in [0.15, 0.2) is 146 Å². The number of nitrogens with zero attached hydrogens (tertiary/aromatic N) is 1. The van der Waals surface area contributed by atoms with Gasteiger partial charge in [-0.15, -0.1) is 0 Å².